The normalized spacial score (nSPS) is 21.9. The van der Waals surface area contributed by atoms with Crippen LogP contribution in [-0.4, -0.2) is 67.6 Å². The number of nitrogens with zero attached hydrogens (tertiary/aromatic N) is 2. The van der Waals surface area contributed by atoms with E-state index in [1.165, 1.54) is 5.56 Å². The molecular weight excluding hydrogens is 480 g/mol. The van der Waals surface area contributed by atoms with E-state index in [9.17, 15) is 9.59 Å². The Balaban J connectivity index is 1.23. The summed E-state index contributed by atoms with van der Waals surface area (Å²) in [5.41, 5.74) is 2.14. The van der Waals surface area contributed by atoms with E-state index < -0.39 is 6.10 Å². The van der Waals surface area contributed by atoms with Crippen molar-refractivity contribution in [2.45, 2.75) is 64.4 Å². The highest BCUT2D eigenvalue weighted by Gasteiger charge is 2.38. The number of carbonyl (C=O) groups is 2. The smallest absolute Gasteiger partial charge is 0.263 e. The van der Waals surface area contributed by atoms with E-state index in [2.05, 4.69) is 6.07 Å². The van der Waals surface area contributed by atoms with Crippen LogP contribution in [-0.2, 0) is 22.4 Å². The molecule has 1 atom stereocenters. The molecule has 0 N–H and O–H groups in total. The van der Waals surface area contributed by atoms with Crippen molar-refractivity contribution >= 4 is 11.8 Å². The van der Waals surface area contributed by atoms with Crippen LogP contribution in [0.5, 0.6) is 17.2 Å². The summed E-state index contributed by atoms with van der Waals surface area (Å²) in [7, 11) is 1.89. The van der Waals surface area contributed by atoms with Gasteiger partial charge in [-0.1, -0.05) is 30.7 Å². The van der Waals surface area contributed by atoms with Crippen LogP contribution in [0.25, 0.3) is 0 Å². The molecule has 0 unspecified atom stereocenters. The van der Waals surface area contributed by atoms with Gasteiger partial charge in [0.15, 0.2) is 17.6 Å². The van der Waals surface area contributed by atoms with Crippen molar-refractivity contribution in [3.63, 3.8) is 0 Å². The van der Waals surface area contributed by atoms with Crippen molar-refractivity contribution < 1.29 is 23.8 Å². The molecule has 0 bridgehead atoms. The fourth-order valence-corrected chi connectivity index (χ4v) is 6.09. The maximum atomic E-state index is 13.2. The molecule has 3 aliphatic heterocycles. The number of likely N-dealkylation sites (N-methyl/N-ethyl adjacent to an activating group) is 1. The lowest BCUT2D eigenvalue weighted by Crippen LogP contribution is -2.50. The third-order valence-electron chi connectivity index (χ3n) is 8.32. The Hall–Kier alpha value is -3.22. The first-order valence-electron chi connectivity index (χ1n) is 14.1. The first-order chi connectivity index (χ1) is 18.4. The van der Waals surface area contributed by atoms with Crippen molar-refractivity contribution in [3.8, 4) is 17.2 Å². The highest BCUT2D eigenvalue weighted by Crippen LogP contribution is 2.39. The molecule has 0 aromatic heterocycles. The van der Waals surface area contributed by atoms with E-state index in [0.29, 0.717) is 26.2 Å². The first kappa shape index (κ1) is 26.4. The zero-order valence-electron chi connectivity index (χ0n) is 22.7. The van der Waals surface area contributed by atoms with Gasteiger partial charge in [-0.2, -0.15) is 0 Å². The van der Waals surface area contributed by atoms with Crippen LogP contribution in [0, 0.1) is 5.41 Å². The van der Waals surface area contributed by atoms with Crippen molar-refractivity contribution in [1.29, 1.82) is 0 Å². The molecule has 2 aromatic rings. The van der Waals surface area contributed by atoms with Crippen LogP contribution in [0.1, 0.15) is 56.6 Å². The van der Waals surface area contributed by atoms with Gasteiger partial charge in [-0.25, -0.2) is 0 Å². The summed E-state index contributed by atoms with van der Waals surface area (Å²) >= 11 is 0. The van der Waals surface area contributed by atoms with Crippen LogP contribution < -0.4 is 14.2 Å². The summed E-state index contributed by atoms with van der Waals surface area (Å²) in [6, 6.07) is 13.9. The number of ether oxygens (including phenoxy) is 3. The lowest BCUT2D eigenvalue weighted by atomic mass is 9.73. The lowest BCUT2D eigenvalue weighted by molar-refractivity contribution is -0.140. The molecule has 1 saturated heterocycles. The predicted octanol–water partition coefficient (Wildman–Crippen LogP) is 4.65. The Kier molecular flexibility index (Phi) is 8.10. The summed E-state index contributed by atoms with van der Waals surface area (Å²) in [4.78, 5) is 30.3. The molecule has 0 aliphatic carbocycles. The summed E-state index contributed by atoms with van der Waals surface area (Å²) < 4.78 is 17.6. The number of hydrogen-bond donors (Lipinski definition) is 0. The number of rotatable bonds is 2. The molecule has 0 saturated carbocycles. The van der Waals surface area contributed by atoms with Crippen LogP contribution in [0.2, 0.25) is 0 Å². The van der Waals surface area contributed by atoms with E-state index >= 15 is 0 Å². The monoisotopic (exact) mass is 520 g/mol. The molecule has 3 aliphatic rings. The van der Waals surface area contributed by atoms with Gasteiger partial charge < -0.3 is 24.0 Å². The second-order valence-electron chi connectivity index (χ2n) is 11.2. The van der Waals surface area contributed by atoms with Gasteiger partial charge in [-0.15, -0.1) is 0 Å². The molecule has 5 rings (SSSR count). The number of benzene rings is 2. The maximum Gasteiger partial charge on any atom is 0.263 e. The summed E-state index contributed by atoms with van der Waals surface area (Å²) in [5.74, 6) is 2.45. The number of amides is 2. The lowest BCUT2D eigenvalue weighted by Gasteiger charge is -2.44. The van der Waals surface area contributed by atoms with Crippen LogP contribution in [0.15, 0.2) is 42.5 Å². The van der Waals surface area contributed by atoms with E-state index in [1.807, 2.05) is 60.2 Å². The number of aryl methyl sites for hydroxylation is 1. The van der Waals surface area contributed by atoms with Gasteiger partial charge >= 0.3 is 0 Å². The molecule has 0 radical (unpaired) electrons. The molecule has 7 nitrogen and oxygen atoms in total. The number of para-hydroxylation sites is 1. The van der Waals surface area contributed by atoms with Crippen molar-refractivity contribution in [1.82, 2.24) is 9.80 Å². The minimum absolute atomic E-state index is 0.00710. The minimum Gasteiger partial charge on any atom is -0.490 e. The standard InChI is InChI=1S/C31H40N2O5/c1-23-30(35)32(2)22-31(13-6-5-9-25-8-3-4-10-26(25)38-23)14-16-33(17-15-31)29(34)21-24-11-12-27-28(20-24)37-19-7-18-36-27/h3-4,8,10-12,20,23H,5-7,9,13-19,21-22H2,1-2H3/t23-/m1/s1. The van der Waals surface area contributed by atoms with Crippen LogP contribution in [0.4, 0.5) is 0 Å². The van der Waals surface area contributed by atoms with Crippen molar-refractivity contribution in [2.75, 3.05) is 39.9 Å². The van der Waals surface area contributed by atoms with E-state index in [4.69, 9.17) is 14.2 Å². The molecule has 3 heterocycles. The number of hydrogen-bond acceptors (Lipinski definition) is 5. The van der Waals surface area contributed by atoms with Gasteiger partial charge in [0.05, 0.1) is 19.6 Å². The van der Waals surface area contributed by atoms with Gasteiger partial charge in [0.25, 0.3) is 5.91 Å². The Morgan fingerprint density at radius 2 is 1.71 bits per heavy atom. The Labute approximate surface area is 226 Å². The molecule has 2 aromatic carbocycles. The average Bonchev–Trinajstić information content (AvgIpc) is 3.16. The summed E-state index contributed by atoms with van der Waals surface area (Å²) in [6.07, 6.45) is 6.68. The third kappa shape index (κ3) is 6.08. The highest BCUT2D eigenvalue weighted by molar-refractivity contribution is 5.81. The van der Waals surface area contributed by atoms with Crippen LogP contribution >= 0.6 is 0 Å². The third-order valence-corrected chi connectivity index (χ3v) is 8.32. The summed E-state index contributed by atoms with van der Waals surface area (Å²) in [6.45, 7) is 5.27. The number of carbonyl (C=O) groups excluding carboxylic acids is 2. The quantitative estimate of drug-likeness (QED) is 0.577. The fraction of sp³-hybridized carbons (Fsp3) is 0.548. The number of fused-ring (bicyclic) bond motifs is 2. The highest BCUT2D eigenvalue weighted by atomic mass is 16.5. The predicted molar refractivity (Wildman–Crippen MR) is 146 cm³/mol. The molecule has 38 heavy (non-hydrogen) atoms. The molecule has 1 fully saturated rings. The molecule has 1 spiro atoms. The molecule has 2 amide bonds. The Morgan fingerprint density at radius 1 is 0.947 bits per heavy atom. The fourth-order valence-electron chi connectivity index (χ4n) is 6.09. The van der Waals surface area contributed by atoms with Gasteiger partial charge in [0, 0.05) is 33.1 Å². The first-order valence-corrected chi connectivity index (χ1v) is 14.1. The van der Waals surface area contributed by atoms with Gasteiger partial charge in [-0.3, -0.25) is 9.59 Å². The largest absolute Gasteiger partial charge is 0.490 e. The summed E-state index contributed by atoms with van der Waals surface area (Å²) in [5, 5.41) is 0. The number of piperidine rings is 1. The zero-order valence-corrected chi connectivity index (χ0v) is 22.7. The number of likely N-dealkylation sites (tertiary alicyclic amines) is 1. The molecule has 204 valence electrons. The van der Waals surface area contributed by atoms with Crippen molar-refractivity contribution in [2.24, 2.45) is 5.41 Å². The topological polar surface area (TPSA) is 68.3 Å². The Morgan fingerprint density at radius 3 is 2.53 bits per heavy atom. The van der Waals surface area contributed by atoms with E-state index in [-0.39, 0.29) is 17.2 Å². The van der Waals surface area contributed by atoms with E-state index in [0.717, 1.165) is 80.8 Å². The minimum atomic E-state index is -0.533. The Bertz CT molecular complexity index is 1140. The molecule has 7 heteroatoms. The average molecular weight is 521 g/mol. The van der Waals surface area contributed by atoms with Gasteiger partial charge in [0.1, 0.15) is 5.75 Å². The second-order valence-corrected chi connectivity index (χ2v) is 11.2. The van der Waals surface area contributed by atoms with Crippen LogP contribution in [0.3, 0.4) is 0 Å². The maximum absolute atomic E-state index is 13.2. The van der Waals surface area contributed by atoms with Crippen molar-refractivity contribution in [3.05, 3.63) is 53.6 Å². The van der Waals surface area contributed by atoms with Gasteiger partial charge in [0.2, 0.25) is 5.91 Å². The van der Waals surface area contributed by atoms with Gasteiger partial charge in [-0.05, 0) is 73.8 Å². The van der Waals surface area contributed by atoms with E-state index in [1.54, 1.807) is 0 Å². The second kappa shape index (κ2) is 11.7. The zero-order chi connectivity index (χ0) is 26.5. The molecular formula is C31H40N2O5. The SMILES string of the molecule is C[C@H]1Oc2ccccc2CCCCC2(CCN(C(=O)Cc3ccc4c(c3)OCCCO4)CC2)CN(C)C1=O.